The van der Waals surface area contributed by atoms with E-state index < -0.39 is 6.36 Å². The van der Waals surface area contributed by atoms with Gasteiger partial charge in [-0.15, -0.1) is 13.2 Å². The van der Waals surface area contributed by atoms with Gasteiger partial charge in [-0.3, -0.25) is 4.79 Å². The summed E-state index contributed by atoms with van der Waals surface area (Å²) in [6.07, 6.45) is -0.761. The molecule has 9 heteroatoms. The molecule has 1 N–H and O–H groups in total. The number of nitrogens with one attached hydrogen (secondary N) is 1. The van der Waals surface area contributed by atoms with Gasteiger partial charge in [0.25, 0.3) is 0 Å². The van der Waals surface area contributed by atoms with Crippen LogP contribution in [-0.2, 0) is 16.0 Å². The maximum atomic E-state index is 12.5. The van der Waals surface area contributed by atoms with Crippen molar-refractivity contribution in [3.8, 4) is 5.75 Å². The van der Waals surface area contributed by atoms with Gasteiger partial charge >= 0.3 is 12.3 Å². The highest BCUT2D eigenvalue weighted by Crippen LogP contribution is 2.46. The lowest BCUT2D eigenvalue weighted by Gasteiger charge is -2.40. The summed E-state index contributed by atoms with van der Waals surface area (Å²) in [5.74, 6) is 0.635. The molecule has 6 nitrogen and oxygen atoms in total. The van der Waals surface area contributed by atoms with Gasteiger partial charge in [-0.25, -0.2) is 4.98 Å². The Bertz CT molecular complexity index is 1220. The van der Waals surface area contributed by atoms with Crippen LogP contribution in [-0.4, -0.2) is 29.0 Å². The van der Waals surface area contributed by atoms with Crippen molar-refractivity contribution in [2.45, 2.75) is 65.3 Å². The van der Waals surface area contributed by atoms with E-state index in [0.29, 0.717) is 24.0 Å². The summed E-state index contributed by atoms with van der Waals surface area (Å²) in [5.41, 5.74) is 3.54. The van der Waals surface area contributed by atoms with E-state index in [4.69, 9.17) is 9.72 Å². The SMILES string of the molecule is COC(=O)CCc1ccc2c(c1)nc(Nc1ccc(OC(F)(F)F)cc1)n2[C@H]1C[C@@H](C)CC(C)(C)C1. The van der Waals surface area contributed by atoms with Crippen molar-refractivity contribution in [1.29, 1.82) is 0 Å². The van der Waals surface area contributed by atoms with Crippen LogP contribution in [0.4, 0.5) is 24.8 Å². The monoisotopic (exact) mass is 503 g/mol. The number of hydrogen-bond donors (Lipinski definition) is 1. The predicted octanol–water partition coefficient (Wildman–Crippen LogP) is 7.17. The number of ether oxygens (including phenoxy) is 2. The highest BCUT2D eigenvalue weighted by Gasteiger charge is 2.35. The number of aryl methyl sites for hydroxylation is 1. The van der Waals surface area contributed by atoms with Crippen LogP contribution in [0.15, 0.2) is 42.5 Å². The van der Waals surface area contributed by atoms with Gasteiger partial charge < -0.3 is 19.4 Å². The van der Waals surface area contributed by atoms with Crippen LogP contribution in [0.3, 0.4) is 0 Å². The lowest BCUT2D eigenvalue weighted by atomic mass is 9.70. The van der Waals surface area contributed by atoms with Crippen molar-refractivity contribution >= 4 is 28.6 Å². The number of methoxy groups -OCH3 is 1. The first kappa shape index (κ1) is 25.9. The summed E-state index contributed by atoms with van der Waals surface area (Å²) in [5, 5.41) is 3.31. The Hall–Kier alpha value is -3.23. The van der Waals surface area contributed by atoms with Crippen LogP contribution in [0.5, 0.6) is 5.75 Å². The second-order valence-electron chi connectivity index (χ2n) is 10.5. The minimum atomic E-state index is -4.74. The normalized spacial score (nSPS) is 19.8. The van der Waals surface area contributed by atoms with Crippen LogP contribution >= 0.6 is 0 Å². The molecule has 1 heterocycles. The first-order valence-electron chi connectivity index (χ1n) is 12.1. The molecule has 0 spiro atoms. The molecule has 3 aromatic rings. The van der Waals surface area contributed by atoms with Crippen LogP contribution in [0.1, 0.15) is 58.1 Å². The maximum absolute atomic E-state index is 12.5. The molecule has 0 amide bonds. The molecule has 2 atom stereocenters. The number of carbonyl (C=O) groups is 1. The number of hydrogen-bond acceptors (Lipinski definition) is 5. The van der Waals surface area contributed by atoms with Crippen LogP contribution < -0.4 is 10.1 Å². The van der Waals surface area contributed by atoms with Crippen LogP contribution in [0, 0.1) is 11.3 Å². The smallest absolute Gasteiger partial charge is 0.469 e. The minimum Gasteiger partial charge on any atom is -0.469 e. The highest BCUT2D eigenvalue weighted by atomic mass is 19.4. The fourth-order valence-electron chi connectivity index (χ4n) is 5.47. The van der Waals surface area contributed by atoms with E-state index in [1.807, 2.05) is 18.2 Å². The first-order chi connectivity index (χ1) is 16.9. The Morgan fingerprint density at radius 1 is 1.17 bits per heavy atom. The number of alkyl halides is 3. The number of esters is 1. The average molecular weight is 504 g/mol. The van der Waals surface area contributed by atoms with Crippen molar-refractivity contribution in [3.63, 3.8) is 0 Å². The molecule has 1 fully saturated rings. The molecule has 1 aliphatic carbocycles. The number of benzene rings is 2. The summed E-state index contributed by atoms with van der Waals surface area (Å²) < 4.78 is 48.6. The Morgan fingerprint density at radius 2 is 1.89 bits per heavy atom. The van der Waals surface area contributed by atoms with Gasteiger partial charge in [0.2, 0.25) is 5.95 Å². The fourth-order valence-corrected chi connectivity index (χ4v) is 5.47. The predicted molar refractivity (Wildman–Crippen MR) is 132 cm³/mol. The molecule has 0 bridgehead atoms. The van der Waals surface area contributed by atoms with Gasteiger partial charge in [0, 0.05) is 18.2 Å². The van der Waals surface area contributed by atoms with Crippen molar-refractivity contribution in [2.75, 3.05) is 12.4 Å². The Balaban J connectivity index is 1.68. The number of aromatic nitrogens is 2. The minimum absolute atomic E-state index is 0.174. The number of carbonyl (C=O) groups excluding carboxylic acids is 1. The maximum Gasteiger partial charge on any atom is 0.573 e. The van der Waals surface area contributed by atoms with Crippen molar-refractivity contribution in [2.24, 2.45) is 11.3 Å². The molecule has 0 aliphatic heterocycles. The average Bonchev–Trinajstić information content (AvgIpc) is 3.13. The number of fused-ring (bicyclic) bond motifs is 1. The second kappa shape index (κ2) is 10.0. The van der Waals surface area contributed by atoms with E-state index in [9.17, 15) is 18.0 Å². The Morgan fingerprint density at radius 3 is 2.53 bits per heavy atom. The third kappa shape index (κ3) is 6.30. The standard InChI is InChI=1S/C27H32F3N3O3/c1-17-13-20(16-26(2,3)15-17)33-23-11-5-18(6-12-24(34)35-4)14-22(23)32-25(33)31-19-7-9-21(10-8-19)36-27(28,29)30/h5,7-11,14,17,20H,6,12-13,15-16H2,1-4H3,(H,31,32)/t17-,20+/m1/s1. The summed E-state index contributed by atoms with van der Waals surface area (Å²) in [6.45, 7) is 6.84. The Labute approximate surface area is 208 Å². The number of rotatable bonds is 7. The zero-order chi connectivity index (χ0) is 26.1. The zero-order valence-electron chi connectivity index (χ0n) is 21.0. The molecular formula is C27H32F3N3O3. The zero-order valence-corrected chi connectivity index (χ0v) is 21.0. The van der Waals surface area contributed by atoms with Crippen molar-refractivity contribution < 1.29 is 27.4 Å². The summed E-state index contributed by atoms with van der Waals surface area (Å²) in [6, 6.07) is 11.9. The van der Waals surface area contributed by atoms with E-state index >= 15 is 0 Å². The van der Waals surface area contributed by atoms with Crippen molar-refractivity contribution in [1.82, 2.24) is 9.55 Å². The van der Waals surface area contributed by atoms with Gasteiger partial charge in [0.1, 0.15) is 5.75 Å². The molecule has 1 aliphatic rings. The molecule has 4 rings (SSSR count). The fraction of sp³-hybridized carbons (Fsp3) is 0.481. The second-order valence-corrected chi connectivity index (χ2v) is 10.5. The number of imidazole rings is 1. The Kier molecular flexibility index (Phi) is 7.20. The molecule has 2 aromatic carbocycles. The number of halogens is 3. The van der Waals surface area contributed by atoms with Gasteiger partial charge in [-0.1, -0.05) is 26.8 Å². The van der Waals surface area contributed by atoms with Gasteiger partial charge in [0.05, 0.1) is 18.1 Å². The highest BCUT2D eigenvalue weighted by molar-refractivity contribution is 5.81. The van der Waals surface area contributed by atoms with E-state index in [1.165, 1.54) is 19.2 Å². The lowest BCUT2D eigenvalue weighted by Crippen LogP contribution is -2.29. The van der Waals surface area contributed by atoms with Crippen LogP contribution in [0.2, 0.25) is 0 Å². The third-order valence-corrected chi connectivity index (χ3v) is 6.67. The third-order valence-electron chi connectivity index (χ3n) is 6.67. The lowest BCUT2D eigenvalue weighted by molar-refractivity contribution is -0.274. The summed E-state index contributed by atoms with van der Waals surface area (Å²) >= 11 is 0. The molecule has 1 saturated carbocycles. The summed E-state index contributed by atoms with van der Waals surface area (Å²) in [7, 11) is 1.37. The van der Waals surface area contributed by atoms with E-state index in [-0.39, 0.29) is 29.6 Å². The molecule has 0 radical (unpaired) electrons. The van der Waals surface area contributed by atoms with Gasteiger partial charge in [-0.05, 0) is 79.0 Å². The topological polar surface area (TPSA) is 65.4 Å². The van der Waals surface area contributed by atoms with Gasteiger partial charge in [-0.2, -0.15) is 0 Å². The molecule has 1 aromatic heterocycles. The van der Waals surface area contributed by atoms with E-state index in [0.717, 1.165) is 35.9 Å². The number of nitrogens with zero attached hydrogens (tertiary/aromatic N) is 2. The largest absolute Gasteiger partial charge is 0.573 e. The molecule has 0 saturated heterocycles. The first-order valence-corrected chi connectivity index (χ1v) is 12.1. The quantitative estimate of drug-likeness (QED) is 0.346. The number of anilines is 2. The van der Waals surface area contributed by atoms with E-state index in [1.54, 1.807) is 12.1 Å². The van der Waals surface area contributed by atoms with Crippen LogP contribution in [0.25, 0.3) is 11.0 Å². The molecule has 194 valence electrons. The van der Waals surface area contributed by atoms with Gasteiger partial charge in [0.15, 0.2) is 0 Å². The van der Waals surface area contributed by atoms with E-state index in [2.05, 4.69) is 35.4 Å². The summed E-state index contributed by atoms with van der Waals surface area (Å²) in [4.78, 5) is 16.5. The molecule has 36 heavy (non-hydrogen) atoms. The molecular weight excluding hydrogens is 471 g/mol. The molecule has 0 unspecified atom stereocenters. The van der Waals surface area contributed by atoms with Crippen molar-refractivity contribution in [3.05, 3.63) is 48.0 Å².